The summed E-state index contributed by atoms with van der Waals surface area (Å²) >= 11 is 7.67. The number of rotatable bonds is 10. The first-order chi connectivity index (χ1) is 21.2. The monoisotopic (exact) mass is 706 g/mol. The van der Waals surface area contributed by atoms with E-state index in [-0.39, 0.29) is 11.6 Å². The number of nitrogens with two attached hydrogens (primary N) is 2. The maximum Gasteiger partial charge on any atom is 0.386 e. The van der Waals surface area contributed by atoms with Crippen LogP contribution in [-0.2, 0) is 32.2 Å². The molecule has 0 aromatic carbocycles. The quantitative estimate of drug-likeness (QED) is 0.118. The summed E-state index contributed by atoms with van der Waals surface area (Å²) in [5.74, 6) is -0.951. The molecular formula is C22H29FN10O8P2S2. The lowest BCUT2D eigenvalue weighted by molar-refractivity contribution is -0.0435. The summed E-state index contributed by atoms with van der Waals surface area (Å²) in [5.41, 5.74) is 13.2. The maximum atomic E-state index is 15.4. The first-order valence-electron chi connectivity index (χ1n) is 13.4. The fraction of sp³-hybridized carbons (Fsp3) is 0.545. The fourth-order valence-electron chi connectivity index (χ4n) is 5.46. The average Bonchev–Trinajstić information content (AvgIpc) is 3.73. The van der Waals surface area contributed by atoms with Crippen LogP contribution in [0.3, 0.4) is 0 Å². The minimum Gasteiger partial charge on any atom is -0.382 e. The maximum absolute atomic E-state index is 15.4. The molecule has 10 atom stereocenters. The molecule has 4 aromatic heterocycles. The van der Waals surface area contributed by atoms with Gasteiger partial charge >= 0.3 is 13.6 Å². The Morgan fingerprint density at radius 1 is 0.867 bits per heavy atom. The van der Waals surface area contributed by atoms with Crippen molar-refractivity contribution in [1.29, 1.82) is 0 Å². The topological polar surface area (TPSA) is 240 Å². The van der Waals surface area contributed by atoms with Crippen LogP contribution in [0.4, 0.5) is 16.0 Å². The Labute approximate surface area is 264 Å². The van der Waals surface area contributed by atoms with Crippen molar-refractivity contribution >= 4 is 72.1 Å². The molecule has 18 nitrogen and oxygen atoms in total. The van der Waals surface area contributed by atoms with E-state index in [4.69, 9.17) is 34.5 Å². The molecular weight excluding hydrogens is 677 g/mol. The van der Waals surface area contributed by atoms with Gasteiger partial charge in [-0.1, -0.05) is 38.3 Å². The summed E-state index contributed by atoms with van der Waals surface area (Å²) in [6.45, 7) is -6.04. The minimum atomic E-state index is -4.23. The van der Waals surface area contributed by atoms with E-state index in [0.717, 1.165) is 0 Å². The van der Waals surface area contributed by atoms with Crippen molar-refractivity contribution in [3.8, 4) is 0 Å². The summed E-state index contributed by atoms with van der Waals surface area (Å²) < 4.78 is 72.2. The van der Waals surface area contributed by atoms with E-state index in [1.54, 1.807) is 23.0 Å². The molecule has 23 heteroatoms. The van der Waals surface area contributed by atoms with Gasteiger partial charge in [-0.25, -0.2) is 43.4 Å². The summed E-state index contributed by atoms with van der Waals surface area (Å²) in [6.07, 6.45) is -1.05. The van der Waals surface area contributed by atoms with Gasteiger partial charge in [-0.2, -0.15) is 0 Å². The lowest BCUT2D eigenvalue weighted by Gasteiger charge is -2.25. The number of alkyl halides is 1. The number of nitrogen functional groups attached to an aromatic ring is 2. The van der Waals surface area contributed by atoms with Crippen molar-refractivity contribution in [2.45, 2.75) is 50.8 Å². The molecule has 45 heavy (non-hydrogen) atoms. The fourth-order valence-corrected chi connectivity index (χ4v) is 7.56. The van der Waals surface area contributed by atoms with Crippen LogP contribution in [0.15, 0.2) is 25.3 Å². The van der Waals surface area contributed by atoms with E-state index in [2.05, 4.69) is 54.4 Å². The van der Waals surface area contributed by atoms with E-state index >= 15 is 4.39 Å². The summed E-state index contributed by atoms with van der Waals surface area (Å²) in [5, 5.41) is 0. The van der Waals surface area contributed by atoms with E-state index in [0.29, 0.717) is 22.3 Å². The number of hydrogen-bond donors (Lipinski definition) is 5. The molecule has 2 fully saturated rings. The average molecular weight is 707 g/mol. The van der Waals surface area contributed by atoms with E-state index in [1.807, 2.05) is 0 Å². The number of halogens is 1. The van der Waals surface area contributed by atoms with Crippen molar-refractivity contribution < 1.29 is 41.5 Å². The zero-order valence-corrected chi connectivity index (χ0v) is 27.1. The zero-order valence-electron chi connectivity index (χ0n) is 23.5. The van der Waals surface area contributed by atoms with Crippen molar-refractivity contribution in [3.05, 3.63) is 25.3 Å². The molecule has 0 amide bonds. The van der Waals surface area contributed by atoms with Crippen LogP contribution < -0.4 is 11.5 Å². The highest BCUT2D eigenvalue weighted by Crippen LogP contribution is 2.58. The Bertz CT molecular complexity index is 1810. The standard InChI is InChI=1S/C22H29FN10O8P2S2/c1-9-13(23)11(39-21(9)32-7-30-14-17(24)26-5-28-19(14)32)3-38-43(36,45)41-16-10(2)22(40-12(16)4-37-42(34,35)44)33-8-31-15-18(25)27-6-29-20(15)33/h5-13,16,21-22H,3-4H2,1-2H3,(H,36,45)(H2,24,26,28)(H2,25,27,29)(H2,34,35,44)/t9-,10-,11-,12-,13-,16+,21-,22-,43?/m1/s1. The van der Waals surface area contributed by atoms with Gasteiger partial charge in [-0.15, -0.1) is 0 Å². The highest BCUT2D eigenvalue weighted by atomic mass is 32.7. The first kappa shape index (κ1) is 32.5. The molecule has 0 bridgehead atoms. The SMILES string of the molecule is C[C@@H]1[C@@H](F)[C@@H](COP(=O)(S)O[C@H]2[C@@H](C)[C@H](n3cnc4c(N)ncnc43)O[C@@H]2CO[P@](=O)(O)S)O[C@H]1n1cnc2c(N)ncnc21. The third kappa shape index (κ3) is 6.43. The number of ether oxygens (including phenoxy) is 2. The van der Waals surface area contributed by atoms with Crippen LogP contribution in [0.2, 0.25) is 0 Å². The van der Waals surface area contributed by atoms with E-state index in [9.17, 15) is 14.0 Å². The van der Waals surface area contributed by atoms with Gasteiger partial charge in [0, 0.05) is 11.8 Å². The zero-order chi connectivity index (χ0) is 32.3. The Balaban J connectivity index is 1.17. The predicted octanol–water partition coefficient (Wildman–Crippen LogP) is 2.72. The number of nitrogens with zero attached hydrogens (tertiary/aromatic N) is 8. The third-order valence-corrected chi connectivity index (χ3v) is 10.1. The molecule has 0 aliphatic carbocycles. The highest BCUT2D eigenvalue weighted by Gasteiger charge is 2.49. The molecule has 2 aliphatic heterocycles. The summed E-state index contributed by atoms with van der Waals surface area (Å²) in [7, 11) is 0. The second kappa shape index (κ2) is 12.3. The number of aromatic nitrogens is 8. The minimum absolute atomic E-state index is 0.150. The molecule has 0 saturated carbocycles. The van der Waals surface area contributed by atoms with Crippen LogP contribution in [0.25, 0.3) is 22.3 Å². The number of hydrogen-bond acceptors (Lipinski definition) is 15. The molecule has 6 heterocycles. The van der Waals surface area contributed by atoms with Crippen molar-refractivity contribution in [3.63, 3.8) is 0 Å². The molecule has 4 aromatic rings. The van der Waals surface area contributed by atoms with Gasteiger partial charge < -0.3 is 25.8 Å². The molecule has 0 radical (unpaired) electrons. The van der Waals surface area contributed by atoms with Gasteiger partial charge in [0.05, 0.1) is 25.9 Å². The van der Waals surface area contributed by atoms with Crippen molar-refractivity contribution in [2.75, 3.05) is 24.7 Å². The van der Waals surface area contributed by atoms with Crippen molar-refractivity contribution in [2.24, 2.45) is 11.8 Å². The first-order valence-corrected chi connectivity index (χ1v) is 18.8. The molecule has 6 rings (SSSR count). The number of anilines is 2. The normalized spacial score (nSPS) is 31.4. The smallest absolute Gasteiger partial charge is 0.382 e. The third-order valence-electron chi connectivity index (χ3n) is 7.66. The van der Waals surface area contributed by atoms with Crippen LogP contribution in [0, 0.1) is 11.8 Å². The van der Waals surface area contributed by atoms with Gasteiger partial charge in [0.25, 0.3) is 0 Å². The largest absolute Gasteiger partial charge is 0.386 e. The Morgan fingerprint density at radius 2 is 1.38 bits per heavy atom. The second-order valence-corrected chi connectivity index (χ2v) is 16.2. The lowest BCUT2D eigenvalue weighted by Crippen LogP contribution is -2.32. The Kier molecular flexibility index (Phi) is 8.88. The summed E-state index contributed by atoms with van der Waals surface area (Å²) in [4.78, 5) is 34.3. The van der Waals surface area contributed by atoms with E-state index in [1.165, 1.54) is 25.3 Å². The molecule has 2 saturated heterocycles. The highest BCUT2D eigenvalue weighted by molar-refractivity contribution is 8.44. The van der Waals surface area contributed by atoms with Gasteiger partial charge in [0.1, 0.15) is 60.6 Å². The van der Waals surface area contributed by atoms with Gasteiger partial charge in [-0.05, 0) is 0 Å². The number of fused-ring (bicyclic) bond motifs is 2. The van der Waals surface area contributed by atoms with E-state index < -0.39 is 75.6 Å². The molecule has 5 N–H and O–H groups in total. The van der Waals surface area contributed by atoms with Gasteiger partial charge in [-0.3, -0.25) is 22.7 Å². The van der Waals surface area contributed by atoms with Gasteiger partial charge in [0.2, 0.25) is 0 Å². The molecule has 2 aliphatic rings. The second-order valence-electron chi connectivity index (χ2n) is 10.6. The lowest BCUT2D eigenvalue weighted by atomic mass is 10.0. The van der Waals surface area contributed by atoms with Crippen LogP contribution >= 0.6 is 38.1 Å². The molecule has 0 spiro atoms. The molecule has 244 valence electrons. The summed E-state index contributed by atoms with van der Waals surface area (Å²) in [6, 6.07) is 0. The molecule has 1 unspecified atom stereocenters. The predicted molar refractivity (Wildman–Crippen MR) is 163 cm³/mol. The Morgan fingerprint density at radius 3 is 1.93 bits per heavy atom. The Hall–Kier alpha value is -2.45. The number of thiol groups is 2. The van der Waals surface area contributed by atoms with Crippen LogP contribution in [0.5, 0.6) is 0 Å². The van der Waals surface area contributed by atoms with Crippen LogP contribution in [-0.4, -0.2) is 81.6 Å². The van der Waals surface area contributed by atoms with Crippen LogP contribution in [0.1, 0.15) is 26.3 Å². The van der Waals surface area contributed by atoms with Gasteiger partial charge in [0.15, 0.2) is 22.9 Å². The number of imidazole rings is 2. The van der Waals surface area contributed by atoms with Crippen molar-refractivity contribution in [1.82, 2.24) is 39.0 Å².